The average molecular weight is 346 g/mol. The molecule has 4 nitrogen and oxygen atoms in total. The van der Waals surface area contributed by atoms with Gasteiger partial charge >= 0.3 is 0 Å². The maximum absolute atomic E-state index is 13.2. The maximum Gasteiger partial charge on any atom is 0.241 e. The van der Waals surface area contributed by atoms with Crippen LogP contribution in [0.4, 0.5) is 5.69 Å². The van der Waals surface area contributed by atoms with E-state index in [1.54, 1.807) is 0 Å². The van der Waals surface area contributed by atoms with E-state index in [-0.39, 0.29) is 18.2 Å². The minimum absolute atomic E-state index is 0.122. The summed E-state index contributed by atoms with van der Waals surface area (Å²) in [5.74, 6) is -0.657. The summed E-state index contributed by atoms with van der Waals surface area (Å²) >= 11 is 0. The SMILES string of the molecule is CCCn1cc([C@@H]2CC(=O)N(c3ccccc3C)C2=O)c2ccccc21. The molecule has 0 N–H and O–H groups in total. The number of imide groups is 1. The normalized spacial score (nSPS) is 17.5. The largest absolute Gasteiger partial charge is 0.347 e. The van der Waals surface area contributed by atoms with E-state index in [1.807, 2.05) is 49.4 Å². The van der Waals surface area contributed by atoms with Crippen LogP contribution >= 0.6 is 0 Å². The molecule has 0 spiro atoms. The Balaban J connectivity index is 1.78. The van der Waals surface area contributed by atoms with E-state index in [1.165, 1.54) is 4.90 Å². The molecule has 1 aliphatic heterocycles. The highest BCUT2D eigenvalue weighted by atomic mass is 16.2. The smallest absolute Gasteiger partial charge is 0.241 e. The molecule has 1 atom stereocenters. The third-order valence-corrected chi connectivity index (χ3v) is 5.16. The predicted octanol–water partition coefficient (Wildman–Crippen LogP) is 4.41. The van der Waals surface area contributed by atoms with E-state index in [0.717, 1.165) is 35.0 Å². The Kier molecular flexibility index (Phi) is 4.11. The fraction of sp³-hybridized carbons (Fsp3) is 0.273. The zero-order valence-corrected chi connectivity index (χ0v) is 15.1. The summed E-state index contributed by atoms with van der Waals surface area (Å²) in [6.45, 7) is 4.96. The van der Waals surface area contributed by atoms with Crippen molar-refractivity contribution >= 4 is 28.4 Å². The number of benzene rings is 2. The summed E-state index contributed by atoms with van der Waals surface area (Å²) in [5.41, 5.74) is 3.72. The van der Waals surface area contributed by atoms with Crippen molar-refractivity contribution in [2.24, 2.45) is 0 Å². The van der Waals surface area contributed by atoms with E-state index in [4.69, 9.17) is 0 Å². The number of fused-ring (bicyclic) bond motifs is 1. The van der Waals surface area contributed by atoms with Crippen LogP contribution in [0.5, 0.6) is 0 Å². The molecule has 4 heteroatoms. The molecule has 1 aliphatic rings. The molecule has 2 heterocycles. The van der Waals surface area contributed by atoms with E-state index < -0.39 is 5.92 Å². The summed E-state index contributed by atoms with van der Waals surface area (Å²) < 4.78 is 2.19. The van der Waals surface area contributed by atoms with Gasteiger partial charge in [0.15, 0.2) is 0 Å². The van der Waals surface area contributed by atoms with E-state index >= 15 is 0 Å². The predicted molar refractivity (Wildman–Crippen MR) is 103 cm³/mol. The fourth-order valence-corrected chi connectivity index (χ4v) is 3.92. The lowest BCUT2D eigenvalue weighted by atomic mass is 9.97. The number of aryl methyl sites for hydroxylation is 2. The number of nitrogens with zero attached hydrogens (tertiary/aromatic N) is 2. The van der Waals surface area contributed by atoms with Crippen molar-refractivity contribution in [3.05, 3.63) is 65.9 Å². The standard InChI is InChI=1S/C22H22N2O2/c1-3-12-23-14-18(16-9-5-7-11-20(16)23)17-13-21(25)24(22(17)26)19-10-6-4-8-15(19)2/h4-11,14,17H,3,12-13H2,1-2H3/t17-/m0/s1. The lowest BCUT2D eigenvalue weighted by Gasteiger charge is -2.17. The van der Waals surface area contributed by atoms with Gasteiger partial charge < -0.3 is 4.57 Å². The van der Waals surface area contributed by atoms with Gasteiger partial charge in [-0.1, -0.05) is 43.3 Å². The van der Waals surface area contributed by atoms with Gasteiger partial charge in [0.05, 0.1) is 11.6 Å². The topological polar surface area (TPSA) is 42.3 Å². The third kappa shape index (κ3) is 2.53. The summed E-state index contributed by atoms with van der Waals surface area (Å²) in [7, 11) is 0. The van der Waals surface area contributed by atoms with Gasteiger partial charge in [-0.2, -0.15) is 0 Å². The minimum atomic E-state index is -0.412. The summed E-state index contributed by atoms with van der Waals surface area (Å²) in [6.07, 6.45) is 3.31. The van der Waals surface area contributed by atoms with Crippen molar-refractivity contribution in [2.45, 2.75) is 39.2 Å². The van der Waals surface area contributed by atoms with Crippen molar-refractivity contribution in [1.82, 2.24) is 4.57 Å². The van der Waals surface area contributed by atoms with Gasteiger partial charge in [0.2, 0.25) is 11.8 Å². The minimum Gasteiger partial charge on any atom is -0.347 e. The van der Waals surface area contributed by atoms with Crippen molar-refractivity contribution in [3.8, 4) is 0 Å². The van der Waals surface area contributed by atoms with E-state index in [2.05, 4.69) is 23.8 Å². The Morgan fingerprint density at radius 1 is 1.04 bits per heavy atom. The molecule has 0 saturated carbocycles. The zero-order valence-electron chi connectivity index (χ0n) is 15.1. The molecule has 0 bridgehead atoms. The number of anilines is 1. The molecule has 26 heavy (non-hydrogen) atoms. The first kappa shape index (κ1) is 16.6. The fourth-order valence-electron chi connectivity index (χ4n) is 3.92. The lowest BCUT2D eigenvalue weighted by Crippen LogP contribution is -2.30. The Bertz CT molecular complexity index is 1000. The first-order valence-corrected chi connectivity index (χ1v) is 9.12. The van der Waals surface area contributed by atoms with Crippen molar-refractivity contribution < 1.29 is 9.59 Å². The molecular weight excluding hydrogens is 324 g/mol. The van der Waals surface area contributed by atoms with Crippen molar-refractivity contribution in [2.75, 3.05) is 4.90 Å². The monoisotopic (exact) mass is 346 g/mol. The summed E-state index contributed by atoms with van der Waals surface area (Å²) in [5, 5.41) is 1.07. The van der Waals surface area contributed by atoms with Crippen LogP contribution in [0, 0.1) is 6.92 Å². The van der Waals surface area contributed by atoms with Crippen LogP contribution < -0.4 is 4.90 Å². The Morgan fingerprint density at radius 3 is 2.54 bits per heavy atom. The molecule has 1 fully saturated rings. The number of hydrogen-bond acceptors (Lipinski definition) is 2. The second kappa shape index (κ2) is 6.45. The molecule has 1 aromatic heterocycles. The second-order valence-corrected chi connectivity index (χ2v) is 6.91. The van der Waals surface area contributed by atoms with Gasteiger partial charge in [0.25, 0.3) is 0 Å². The Labute approximate surface area is 153 Å². The van der Waals surface area contributed by atoms with Crippen LogP contribution in [-0.2, 0) is 16.1 Å². The number of carbonyl (C=O) groups is 2. The van der Waals surface area contributed by atoms with E-state index in [0.29, 0.717) is 5.69 Å². The zero-order chi connectivity index (χ0) is 18.3. The van der Waals surface area contributed by atoms with E-state index in [9.17, 15) is 9.59 Å². The molecule has 2 amide bonds. The average Bonchev–Trinajstić information content (AvgIpc) is 3.14. The van der Waals surface area contributed by atoms with Crippen LogP contribution in [0.3, 0.4) is 0 Å². The van der Waals surface area contributed by atoms with Gasteiger partial charge in [-0.05, 0) is 36.6 Å². The van der Waals surface area contributed by atoms with Crippen LogP contribution in [0.25, 0.3) is 10.9 Å². The Hall–Kier alpha value is -2.88. The highest BCUT2D eigenvalue weighted by Crippen LogP contribution is 2.38. The molecule has 132 valence electrons. The van der Waals surface area contributed by atoms with Gasteiger partial charge in [-0.15, -0.1) is 0 Å². The maximum atomic E-state index is 13.2. The highest BCUT2D eigenvalue weighted by molar-refractivity contribution is 6.23. The number of para-hydroxylation sites is 2. The van der Waals surface area contributed by atoms with Crippen LogP contribution in [0.2, 0.25) is 0 Å². The molecule has 0 unspecified atom stereocenters. The molecular formula is C22H22N2O2. The first-order valence-electron chi connectivity index (χ1n) is 9.12. The van der Waals surface area contributed by atoms with Gasteiger partial charge in [0.1, 0.15) is 0 Å². The highest BCUT2D eigenvalue weighted by Gasteiger charge is 2.41. The lowest BCUT2D eigenvalue weighted by molar-refractivity contribution is -0.121. The molecule has 4 rings (SSSR count). The number of hydrogen-bond donors (Lipinski definition) is 0. The molecule has 2 aromatic carbocycles. The number of amides is 2. The van der Waals surface area contributed by atoms with Gasteiger partial charge in [0, 0.05) is 30.1 Å². The number of carbonyl (C=O) groups excluding carboxylic acids is 2. The number of aromatic nitrogens is 1. The van der Waals surface area contributed by atoms with Crippen LogP contribution in [0.15, 0.2) is 54.7 Å². The van der Waals surface area contributed by atoms with Gasteiger partial charge in [-0.25, -0.2) is 4.90 Å². The van der Waals surface area contributed by atoms with Crippen LogP contribution in [0.1, 0.15) is 36.8 Å². The van der Waals surface area contributed by atoms with Crippen molar-refractivity contribution in [3.63, 3.8) is 0 Å². The second-order valence-electron chi connectivity index (χ2n) is 6.91. The molecule has 1 saturated heterocycles. The third-order valence-electron chi connectivity index (χ3n) is 5.16. The summed E-state index contributed by atoms with van der Waals surface area (Å²) in [6, 6.07) is 15.7. The quantitative estimate of drug-likeness (QED) is 0.657. The number of rotatable bonds is 4. The van der Waals surface area contributed by atoms with Gasteiger partial charge in [-0.3, -0.25) is 9.59 Å². The Morgan fingerprint density at radius 2 is 1.77 bits per heavy atom. The molecule has 0 radical (unpaired) electrons. The van der Waals surface area contributed by atoms with Crippen molar-refractivity contribution in [1.29, 1.82) is 0 Å². The molecule has 3 aromatic rings. The van der Waals surface area contributed by atoms with Crippen LogP contribution in [-0.4, -0.2) is 16.4 Å². The summed E-state index contributed by atoms with van der Waals surface area (Å²) in [4.78, 5) is 27.2. The molecule has 0 aliphatic carbocycles. The first-order chi connectivity index (χ1) is 12.6.